The lowest BCUT2D eigenvalue weighted by atomic mass is 9.72. The fraction of sp³-hybridized carbons (Fsp3) is 0.483. The number of imide groups is 1. The number of nitrogens with one attached hydrogen (secondary N) is 2. The Labute approximate surface area is 493 Å². The molecular weight excluding hydrogens is 1130 g/mol. The molecule has 2 N–H and O–H groups in total. The second kappa shape index (κ2) is 24.3. The van der Waals surface area contributed by atoms with E-state index in [0.717, 1.165) is 54.3 Å². The number of sulfonamides is 1. The van der Waals surface area contributed by atoms with E-state index in [-0.39, 0.29) is 71.7 Å². The zero-order chi connectivity index (χ0) is 61.3. The molecule has 0 atom stereocenters. The molecule has 3 aliphatic rings. The van der Waals surface area contributed by atoms with Crippen LogP contribution in [0.2, 0.25) is 5.02 Å². The molecule has 0 radical (unpaired) electrons. The van der Waals surface area contributed by atoms with Gasteiger partial charge in [-0.3, -0.25) is 19.8 Å². The van der Waals surface area contributed by atoms with Gasteiger partial charge in [0.05, 0.1) is 26.3 Å². The third-order valence-corrected chi connectivity index (χ3v) is 15.8. The number of amides is 3. The van der Waals surface area contributed by atoms with Crippen LogP contribution in [0.15, 0.2) is 89.3 Å². The maximum absolute atomic E-state index is 15.5. The molecule has 1 aromatic heterocycles. The summed E-state index contributed by atoms with van der Waals surface area (Å²) in [7, 11) is -4.90. The summed E-state index contributed by atoms with van der Waals surface area (Å²) in [6.45, 7) is 22.2. The molecule has 24 heteroatoms. The van der Waals surface area contributed by atoms with Crippen molar-refractivity contribution in [3.05, 3.63) is 111 Å². The van der Waals surface area contributed by atoms with E-state index in [9.17, 15) is 37.7 Å². The van der Waals surface area contributed by atoms with E-state index >= 15 is 4.39 Å². The highest BCUT2D eigenvalue weighted by molar-refractivity contribution is 7.90. The topological polar surface area (TPSA) is 243 Å². The van der Waals surface area contributed by atoms with Gasteiger partial charge in [0.1, 0.15) is 39.7 Å². The number of aromatic nitrogens is 2. The average molecular weight is 1200 g/mol. The van der Waals surface area contributed by atoms with Gasteiger partial charge < -0.3 is 33.9 Å². The maximum atomic E-state index is 15.5. The molecule has 1 aliphatic carbocycles. The summed E-state index contributed by atoms with van der Waals surface area (Å²) in [6, 6.07) is 19.8. The van der Waals surface area contributed by atoms with E-state index < -0.39 is 78.0 Å². The molecule has 8 rings (SSSR count). The summed E-state index contributed by atoms with van der Waals surface area (Å²) < 4.78 is 75.9. The lowest BCUT2D eigenvalue weighted by Crippen LogP contribution is -2.47. The molecule has 2 fully saturated rings. The van der Waals surface area contributed by atoms with Gasteiger partial charge >= 0.3 is 18.3 Å². The molecule has 84 heavy (non-hydrogen) atoms. The van der Waals surface area contributed by atoms with Crippen molar-refractivity contribution in [1.29, 1.82) is 0 Å². The number of piperazine rings is 1. The van der Waals surface area contributed by atoms with E-state index in [0.29, 0.717) is 41.8 Å². The van der Waals surface area contributed by atoms with E-state index in [2.05, 4.69) is 46.2 Å². The SMILES string of the molecule is CC1(C)CCC(CN2CCN(c3ccc(C(=O)NS(=O)(=O)c4ccc(NCC5(F)CCOCC5)c([N+](=O)[O-])c4)c(Oc4cccc5c4c(N(C(=O)OC(C)(C)C)C(=O)OC(C)(C)C)nn5C(=O)OC(C)(C)C)c3)CC2)=C(c2ccc(Cl)cc2)C1. The molecule has 2 saturated heterocycles. The number of fused-ring (bicyclic) bond motifs is 1. The molecule has 4 aromatic carbocycles. The first-order chi connectivity index (χ1) is 39.2. The Morgan fingerprint density at radius 2 is 1.45 bits per heavy atom. The molecule has 0 saturated carbocycles. The Hall–Kier alpha value is -7.34. The number of halogens is 2. The monoisotopic (exact) mass is 1200 g/mol. The van der Waals surface area contributed by atoms with Crippen molar-refractivity contribution in [2.75, 3.05) is 67.6 Å². The molecule has 2 aliphatic heterocycles. The Balaban J connectivity index is 1.19. The smallest absolute Gasteiger partial charge is 0.435 e. The number of anilines is 3. The summed E-state index contributed by atoms with van der Waals surface area (Å²) in [5.74, 6) is -2.11. The molecule has 21 nitrogen and oxygen atoms in total. The van der Waals surface area contributed by atoms with Crippen LogP contribution < -0.4 is 24.6 Å². The van der Waals surface area contributed by atoms with Crippen LogP contribution in [0.4, 0.5) is 41.7 Å². The van der Waals surface area contributed by atoms with Crippen LogP contribution >= 0.6 is 11.6 Å². The highest BCUT2D eigenvalue weighted by atomic mass is 35.5. The molecule has 3 amide bonds. The molecule has 0 spiro atoms. The number of alkyl halides is 1. The quantitative estimate of drug-likeness (QED) is 0.0596. The number of allylic oxidation sites excluding steroid dienone is 1. The first-order valence-corrected chi connectivity index (χ1v) is 29.7. The van der Waals surface area contributed by atoms with Crippen LogP contribution in [-0.4, -0.2) is 127 Å². The van der Waals surface area contributed by atoms with E-state index in [4.69, 9.17) is 35.3 Å². The van der Waals surface area contributed by atoms with Crippen LogP contribution in [0.3, 0.4) is 0 Å². The standard InChI is InChI=1S/C60H74ClFN8O13S/c1-56(2,3)81-53(72)68(54(73)82-57(4,5)6)51-50-46(69(64-51)55(74)83-58(7,8)9)13-12-14-48(50)80-49-33-41(67-29-27-66(28-30-67)36-39-23-24-59(10,11)35-44(39)38-15-17-40(61)18-16-38)19-21-43(49)52(71)65-84(77,78)42-20-22-45(47(34-42)70(75)76)63-37-60(62)25-31-79-32-26-60/h12-22,33-34,63H,23-32,35-37H2,1-11H3,(H,65,71). The zero-order valence-electron chi connectivity index (χ0n) is 49.4. The molecule has 5 aromatic rings. The summed E-state index contributed by atoms with van der Waals surface area (Å²) in [5.41, 5.74) is -1.74. The predicted molar refractivity (Wildman–Crippen MR) is 318 cm³/mol. The van der Waals surface area contributed by atoms with Crippen LogP contribution in [0.25, 0.3) is 16.5 Å². The van der Waals surface area contributed by atoms with Gasteiger partial charge in [0.25, 0.3) is 21.6 Å². The van der Waals surface area contributed by atoms with Crippen molar-refractivity contribution >= 4 is 85.2 Å². The van der Waals surface area contributed by atoms with Gasteiger partial charge in [-0.05, 0) is 147 Å². The second-order valence-corrected chi connectivity index (χ2v) is 27.2. The number of carbonyl (C=O) groups excluding carboxylic acids is 4. The minimum absolute atomic E-state index is 0.0282. The number of benzene rings is 4. The van der Waals surface area contributed by atoms with Gasteiger partial charge in [0, 0.05) is 88.2 Å². The number of hydrogen-bond donors (Lipinski definition) is 2. The number of hydrogen-bond acceptors (Lipinski definition) is 17. The van der Waals surface area contributed by atoms with E-state index in [1.807, 2.05) is 16.9 Å². The Morgan fingerprint density at radius 3 is 2.06 bits per heavy atom. The lowest BCUT2D eigenvalue weighted by molar-refractivity contribution is -0.384. The maximum Gasteiger partial charge on any atom is 0.435 e. The van der Waals surface area contributed by atoms with E-state index in [1.54, 1.807) is 74.4 Å². The Morgan fingerprint density at radius 1 is 0.821 bits per heavy atom. The van der Waals surface area contributed by atoms with Gasteiger partial charge in [-0.25, -0.2) is 31.9 Å². The summed E-state index contributed by atoms with van der Waals surface area (Å²) in [6.07, 6.45) is -0.431. The minimum atomic E-state index is -4.90. The normalized spacial score (nSPS) is 16.8. The number of nitro benzene ring substituents is 1. The number of carbonyl (C=O) groups is 4. The first kappa shape index (κ1) is 62.7. The zero-order valence-corrected chi connectivity index (χ0v) is 50.9. The van der Waals surface area contributed by atoms with Crippen LogP contribution in [0.5, 0.6) is 11.5 Å². The molecule has 0 bridgehead atoms. The third-order valence-electron chi connectivity index (χ3n) is 14.2. The summed E-state index contributed by atoms with van der Waals surface area (Å²) in [5, 5.41) is 20.1. The fourth-order valence-electron chi connectivity index (χ4n) is 10.0. The fourth-order valence-corrected chi connectivity index (χ4v) is 11.2. The van der Waals surface area contributed by atoms with Gasteiger partial charge in [-0.15, -0.1) is 5.10 Å². The van der Waals surface area contributed by atoms with Crippen LogP contribution in [0, 0.1) is 15.5 Å². The van der Waals surface area contributed by atoms with Crippen molar-refractivity contribution < 1.29 is 60.6 Å². The largest absolute Gasteiger partial charge is 0.456 e. The second-order valence-electron chi connectivity index (χ2n) is 25.1. The van der Waals surface area contributed by atoms with Gasteiger partial charge in [0.2, 0.25) is 0 Å². The van der Waals surface area contributed by atoms with Gasteiger partial charge in [-0.1, -0.05) is 49.2 Å². The first-order valence-electron chi connectivity index (χ1n) is 27.8. The van der Waals surface area contributed by atoms with Crippen LogP contribution in [-0.2, 0) is 29.0 Å². The Bertz CT molecular complexity index is 3450. The summed E-state index contributed by atoms with van der Waals surface area (Å²) in [4.78, 5) is 73.1. The highest BCUT2D eigenvalue weighted by Gasteiger charge is 2.39. The number of nitro groups is 1. The van der Waals surface area contributed by atoms with E-state index in [1.165, 1.54) is 35.4 Å². The van der Waals surface area contributed by atoms with Crippen molar-refractivity contribution in [3.63, 3.8) is 0 Å². The van der Waals surface area contributed by atoms with Gasteiger partial charge in [-0.2, -0.15) is 9.58 Å². The van der Waals surface area contributed by atoms with Crippen molar-refractivity contribution in [2.24, 2.45) is 5.41 Å². The average Bonchev–Trinajstić information content (AvgIpc) is 3.14. The molecule has 3 heterocycles. The predicted octanol–water partition coefficient (Wildman–Crippen LogP) is 12.7. The molecule has 452 valence electrons. The van der Waals surface area contributed by atoms with Crippen molar-refractivity contribution in [1.82, 2.24) is 19.4 Å². The van der Waals surface area contributed by atoms with Gasteiger partial charge in [0.15, 0.2) is 5.82 Å². The minimum Gasteiger partial charge on any atom is -0.456 e. The highest BCUT2D eigenvalue weighted by Crippen LogP contribution is 2.45. The van der Waals surface area contributed by atoms with Crippen LogP contribution in [0.1, 0.15) is 124 Å². The molecular formula is C60H74ClFN8O13S. The van der Waals surface area contributed by atoms with Crippen molar-refractivity contribution in [3.8, 4) is 11.5 Å². The van der Waals surface area contributed by atoms with Crippen molar-refractivity contribution in [2.45, 2.75) is 136 Å². The number of nitrogens with zero attached hydrogens (tertiary/aromatic N) is 6. The number of rotatable bonds is 14. The lowest BCUT2D eigenvalue weighted by Gasteiger charge is -2.39. The summed E-state index contributed by atoms with van der Waals surface area (Å²) >= 11 is 6.29. The third kappa shape index (κ3) is 15.5. The molecule has 0 unspecified atom stereocenters. The number of ether oxygens (including phenoxy) is 5. The Kier molecular flexibility index (Phi) is 18.2.